The van der Waals surface area contributed by atoms with Gasteiger partial charge >= 0.3 is 0 Å². The maximum absolute atomic E-state index is 9.87. The number of likely N-dealkylation sites (N-methyl/N-ethyl adjacent to an activating group) is 1. The average molecular weight is 276 g/mol. The summed E-state index contributed by atoms with van der Waals surface area (Å²) in [4.78, 5) is 6.44. The van der Waals surface area contributed by atoms with E-state index in [1.165, 1.54) is 44.1 Å². The molecule has 3 heteroatoms. The van der Waals surface area contributed by atoms with E-state index in [9.17, 15) is 5.11 Å². The van der Waals surface area contributed by atoms with Gasteiger partial charge in [-0.2, -0.15) is 0 Å². The van der Waals surface area contributed by atoms with E-state index in [1.807, 2.05) is 12.4 Å². The van der Waals surface area contributed by atoms with Crippen molar-refractivity contribution in [1.82, 2.24) is 9.88 Å². The second kappa shape index (κ2) is 7.75. The van der Waals surface area contributed by atoms with E-state index in [-0.39, 0.29) is 5.41 Å². The molecule has 0 radical (unpaired) electrons. The van der Waals surface area contributed by atoms with E-state index in [2.05, 4.69) is 29.1 Å². The first-order valence-corrected chi connectivity index (χ1v) is 7.92. The fourth-order valence-corrected chi connectivity index (χ4v) is 3.37. The van der Waals surface area contributed by atoms with Crippen LogP contribution in [-0.2, 0) is 6.42 Å². The van der Waals surface area contributed by atoms with E-state index >= 15 is 0 Å². The predicted octanol–water partition coefficient (Wildman–Crippen LogP) is 2.89. The van der Waals surface area contributed by atoms with Crippen molar-refractivity contribution < 1.29 is 5.11 Å². The van der Waals surface area contributed by atoms with Crippen LogP contribution in [0.15, 0.2) is 24.5 Å². The SMILES string of the molecule is CN(CCc1ccncc1)CC1(CO)CCCCCC1. The maximum Gasteiger partial charge on any atom is 0.0499 e. The van der Waals surface area contributed by atoms with Crippen molar-refractivity contribution in [2.45, 2.75) is 44.9 Å². The predicted molar refractivity (Wildman–Crippen MR) is 82.7 cm³/mol. The largest absolute Gasteiger partial charge is 0.396 e. The lowest BCUT2D eigenvalue weighted by atomic mass is 9.80. The summed E-state index contributed by atoms with van der Waals surface area (Å²) >= 11 is 0. The molecule has 1 saturated carbocycles. The van der Waals surface area contributed by atoms with Crippen LogP contribution in [-0.4, -0.2) is 41.7 Å². The summed E-state index contributed by atoms with van der Waals surface area (Å²) in [6.07, 6.45) is 12.4. The number of hydrogen-bond acceptors (Lipinski definition) is 3. The van der Waals surface area contributed by atoms with Gasteiger partial charge < -0.3 is 10.0 Å². The molecule has 20 heavy (non-hydrogen) atoms. The lowest BCUT2D eigenvalue weighted by molar-refractivity contribution is 0.0691. The zero-order valence-corrected chi connectivity index (χ0v) is 12.7. The van der Waals surface area contributed by atoms with Crippen molar-refractivity contribution in [3.8, 4) is 0 Å². The molecule has 0 aromatic carbocycles. The standard InChI is InChI=1S/C17H28N2O/c1-19(13-8-16-6-11-18-12-7-16)14-17(15-20)9-4-2-3-5-10-17/h6-7,11-12,20H,2-5,8-10,13-15H2,1H3. The summed E-state index contributed by atoms with van der Waals surface area (Å²) in [7, 11) is 2.18. The summed E-state index contributed by atoms with van der Waals surface area (Å²) in [5, 5.41) is 9.87. The number of aliphatic hydroxyl groups is 1. The van der Waals surface area contributed by atoms with Crippen LogP contribution in [0.25, 0.3) is 0 Å². The van der Waals surface area contributed by atoms with Crippen molar-refractivity contribution >= 4 is 0 Å². The molecule has 1 aliphatic rings. The first-order chi connectivity index (χ1) is 9.74. The lowest BCUT2D eigenvalue weighted by Crippen LogP contribution is -2.39. The molecule has 0 amide bonds. The molecule has 1 N–H and O–H groups in total. The lowest BCUT2D eigenvalue weighted by Gasteiger charge is -2.35. The molecule has 1 aliphatic carbocycles. The minimum absolute atomic E-state index is 0.142. The monoisotopic (exact) mass is 276 g/mol. The van der Waals surface area contributed by atoms with Gasteiger partial charge in [-0.25, -0.2) is 0 Å². The smallest absolute Gasteiger partial charge is 0.0499 e. The minimum Gasteiger partial charge on any atom is -0.396 e. The molecule has 1 aromatic rings. The van der Waals surface area contributed by atoms with Gasteiger partial charge in [0.1, 0.15) is 0 Å². The van der Waals surface area contributed by atoms with Crippen LogP contribution in [0, 0.1) is 5.41 Å². The van der Waals surface area contributed by atoms with Crippen LogP contribution < -0.4 is 0 Å². The first kappa shape index (κ1) is 15.5. The van der Waals surface area contributed by atoms with Gasteiger partial charge in [0.2, 0.25) is 0 Å². The van der Waals surface area contributed by atoms with Crippen molar-refractivity contribution in [3.63, 3.8) is 0 Å². The van der Waals surface area contributed by atoms with E-state index in [4.69, 9.17) is 0 Å². The van der Waals surface area contributed by atoms with Crippen LogP contribution in [0.5, 0.6) is 0 Å². The van der Waals surface area contributed by atoms with Crippen molar-refractivity contribution in [2.75, 3.05) is 26.7 Å². The molecule has 0 saturated heterocycles. The molecular weight excluding hydrogens is 248 g/mol. The number of rotatable bonds is 6. The van der Waals surface area contributed by atoms with E-state index in [0.29, 0.717) is 6.61 Å². The van der Waals surface area contributed by atoms with Gasteiger partial charge in [-0.15, -0.1) is 0 Å². The van der Waals surface area contributed by atoms with Gasteiger partial charge in [0.05, 0.1) is 0 Å². The third-order valence-electron chi connectivity index (χ3n) is 4.64. The third-order valence-corrected chi connectivity index (χ3v) is 4.64. The zero-order chi connectivity index (χ0) is 14.3. The Labute approximate surface area is 123 Å². The number of hydrogen-bond donors (Lipinski definition) is 1. The van der Waals surface area contributed by atoms with Gasteiger partial charge in [0.15, 0.2) is 0 Å². The highest BCUT2D eigenvalue weighted by Gasteiger charge is 2.31. The highest BCUT2D eigenvalue weighted by molar-refractivity contribution is 5.09. The van der Waals surface area contributed by atoms with Gasteiger partial charge in [-0.1, -0.05) is 25.7 Å². The van der Waals surface area contributed by atoms with E-state index in [0.717, 1.165) is 19.5 Å². The molecule has 112 valence electrons. The topological polar surface area (TPSA) is 36.4 Å². The summed E-state index contributed by atoms with van der Waals surface area (Å²) in [5.74, 6) is 0. The quantitative estimate of drug-likeness (QED) is 0.812. The van der Waals surface area contributed by atoms with Crippen molar-refractivity contribution in [2.24, 2.45) is 5.41 Å². The average Bonchev–Trinajstić information content (AvgIpc) is 2.72. The molecule has 3 nitrogen and oxygen atoms in total. The number of aliphatic hydroxyl groups excluding tert-OH is 1. The molecule has 1 heterocycles. The van der Waals surface area contributed by atoms with Crippen LogP contribution in [0.4, 0.5) is 0 Å². The van der Waals surface area contributed by atoms with Crippen molar-refractivity contribution in [3.05, 3.63) is 30.1 Å². The maximum atomic E-state index is 9.87. The van der Waals surface area contributed by atoms with E-state index < -0.39 is 0 Å². The van der Waals surface area contributed by atoms with Crippen LogP contribution in [0.2, 0.25) is 0 Å². The zero-order valence-electron chi connectivity index (χ0n) is 12.7. The first-order valence-electron chi connectivity index (χ1n) is 7.92. The fourth-order valence-electron chi connectivity index (χ4n) is 3.37. The molecule has 0 spiro atoms. The summed E-state index contributed by atoms with van der Waals surface area (Å²) in [6, 6.07) is 4.17. The number of pyridine rings is 1. The minimum atomic E-state index is 0.142. The molecule has 1 aromatic heterocycles. The highest BCUT2D eigenvalue weighted by Crippen LogP contribution is 2.35. The Morgan fingerprint density at radius 3 is 2.40 bits per heavy atom. The Balaban J connectivity index is 1.83. The summed E-state index contributed by atoms with van der Waals surface area (Å²) < 4.78 is 0. The van der Waals surface area contributed by atoms with Crippen LogP contribution in [0.3, 0.4) is 0 Å². The van der Waals surface area contributed by atoms with Crippen molar-refractivity contribution in [1.29, 1.82) is 0 Å². The molecule has 1 fully saturated rings. The molecule has 0 atom stereocenters. The Hall–Kier alpha value is -0.930. The molecule has 0 aliphatic heterocycles. The third kappa shape index (κ3) is 4.57. The van der Waals surface area contributed by atoms with E-state index in [1.54, 1.807) is 0 Å². The Morgan fingerprint density at radius 2 is 1.80 bits per heavy atom. The molecular formula is C17H28N2O. The second-order valence-electron chi connectivity index (χ2n) is 6.42. The Morgan fingerprint density at radius 1 is 1.15 bits per heavy atom. The normalized spacial score (nSPS) is 18.9. The van der Waals surface area contributed by atoms with Crippen LogP contribution in [0.1, 0.15) is 44.1 Å². The van der Waals surface area contributed by atoms with Gasteiger partial charge in [0.25, 0.3) is 0 Å². The Bertz CT molecular complexity index is 372. The second-order valence-corrected chi connectivity index (χ2v) is 6.42. The van der Waals surface area contributed by atoms with Gasteiger partial charge in [-0.3, -0.25) is 4.98 Å². The number of nitrogens with zero attached hydrogens (tertiary/aromatic N) is 2. The molecule has 0 bridgehead atoms. The highest BCUT2D eigenvalue weighted by atomic mass is 16.3. The van der Waals surface area contributed by atoms with Crippen LogP contribution >= 0.6 is 0 Å². The fraction of sp³-hybridized carbons (Fsp3) is 0.706. The molecule has 0 unspecified atom stereocenters. The van der Waals surface area contributed by atoms with Gasteiger partial charge in [0, 0.05) is 37.5 Å². The molecule has 2 rings (SSSR count). The summed E-state index contributed by atoms with van der Waals surface area (Å²) in [5.41, 5.74) is 1.48. The Kier molecular flexibility index (Phi) is 5.99. The van der Waals surface area contributed by atoms with Gasteiger partial charge in [-0.05, 0) is 44.0 Å². The number of aromatic nitrogens is 1. The summed E-state index contributed by atoms with van der Waals surface area (Å²) in [6.45, 7) is 2.41.